The van der Waals surface area contributed by atoms with Crippen molar-refractivity contribution in [2.45, 2.75) is 13.8 Å². The lowest BCUT2D eigenvalue weighted by molar-refractivity contribution is -0.112. The number of benzene rings is 3. The number of anilines is 1. The maximum atomic E-state index is 13.0. The number of para-hydroxylation sites is 1. The quantitative estimate of drug-likeness (QED) is 0.154. The van der Waals surface area contributed by atoms with E-state index < -0.39 is 5.91 Å². The first-order valence-electron chi connectivity index (χ1n) is 12.2. The summed E-state index contributed by atoms with van der Waals surface area (Å²) in [4.78, 5) is 13.0. The molecule has 0 saturated heterocycles. The van der Waals surface area contributed by atoms with E-state index in [9.17, 15) is 10.1 Å². The monoisotopic (exact) mass is 504 g/mol. The van der Waals surface area contributed by atoms with E-state index in [1.807, 2.05) is 74.6 Å². The molecule has 4 rings (SSSR count). The van der Waals surface area contributed by atoms with Gasteiger partial charge in [0.15, 0.2) is 0 Å². The van der Waals surface area contributed by atoms with Crippen molar-refractivity contribution in [3.63, 3.8) is 0 Å². The molecule has 0 bridgehead atoms. The summed E-state index contributed by atoms with van der Waals surface area (Å²) in [6.07, 6.45) is 5.07. The third kappa shape index (κ3) is 6.18. The summed E-state index contributed by atoms with van der Waals surface area (Å²) in [6.45, 7) is 8.51. The zero-order chi connectivity index (χ0) is 26.9. The van der Waals surface area contributed by atoms with Crippen LogP contribution in [0.5, 0.6) is 11.5 Å². The number of nitrogens with zero attached hydrogens (tertiary/aromatic N) is 3. The van der Waals surface area contributed by atoms with E-state index in [0.717, 1.165) is 22.6 Å². The van der Waals surface area contributed by atoms with Gasteiger partial charge in [-0.3, -0.25) is 4.79 Å². The number of hydrogen-bond donors (Lipinski definition) is 1. The number of ether oxygens (including phenoxy) is 2. The molecule has 38 heavy (non-hydrogen) atoms. The molecule has 190 valence electrons. The minimum atomic E-state index is -0.514. The molecule has 0 aliphatic heterocycles. The number of carbonyl (C=O) groups is 1. The van der Waals surface area contributed by atoms with Gasteiger partial charge in [0.1, 0.15) is 35.4 Å². The Kier molecular flexibility index (Phi) is 8.37. The number of nitrogens with one attached hydrogen (secondary N) is 1. The van der Waals surface area contributed by atoms with Crippen LogP contribution in [0.4, 0.5) is 5.69 Å². The third-order valence-corrected chi connectivity index (χ3v) is 5.67. The van der Waals surface area contributed by atoms with Gasteiger partial charge in [0, 0.05) is 23.0 Å². The number of carbonyl (C=O) groups excluding carboxylic acids is 1. The number of aryl methyl sites for hydroxylation is 1. The molecule has 0 aliphatic carbocycles. The van der Waals surface area contributed by atoms with Crippen LogP contribution in [0.25, 0.3) is 23.0 Å². The van der Waals surface area contributed by atoms with Crippen LogP contribution in [-0.4, -0.2) is 28.9 Å². The van der Waals surface area contributed by atoms with Gasteiger partial charge in [-0.1, -0.05) is 30.9 Å². The zero-order valence-corrected chi connectivity index (χ0v) is 21.3. The first-order chi connectivity index (χ1) is 18.5. The molecule has 7 heteroatoms. The molecular formula is C31H28N4O3. The smallest absolute Gasteiger partial charge is 0.266 e. The van der Waals surface area contributed by atoms with Crippen molar-refractivity contribution in [3.8, 4) is 34.5 Å². The number of nitriles is 1. The maximum absolute atomic E-state index is 13.0. The van der Waals surface area contributed by atoms with Gasteiger partial charge >= 0.3 is 0 Å². The average molecular weight is 505 g/mol. The van der Waals surface area contributed by atoms with Gasteiger partial charge < -0.3 is 14.8 Å². The number of aromatic nitrogens is 2. The summed E-state index contributed by atoms with van der Waals surface area (Å²) < 4.78 is 12.8. The van der Waals surface area contributed by atoms with Crippen LogP contribution in [-0.2, 0) is 4.79 Å². The summed E-state index contributed by atoms with van der Waals surface area (Å²) in [5, 5.41) is 17.5. The highest BCUT2D eigenvalue weighted by atomic mass is 16.5. The van der Waals surface area contributed by atoms with Crippen molar-refractivity contribution in [2.75, 3.05) is 18.5 Å². The highest BCUT2D eigenvalue weighted by molar-refractivity contribution is 6.10. The Bertz CT molecular complexity index is 1500. The lowest BCUT2D eigenvalue weighted by Crippen LogP contribution is -2.13. The summed E-state index contributed by atoms with van der Waals surface area (Å²) in [6, 6.07) is 24.4. The van der Waals surface area contributed by atoms with Gasteiger partial charge in [0.2, 0.25) is 0 Å². The van der Waals surface area contributed by atoms with Crippen molar-refractivity contribution in [3.05, 3.63) is 108 Å². The lowest BCUT2D eigenvalue weighted by Gasteiger charge is -2.09. The normalized spacial score (nSPS) is 10.9. The molecule has 0 aliphatic rings. The molecule has 4 aromatic rings. The Morgan fingerprint density at radius 3 is 2.47 bits per heavy atom. The summed E-state index contributed by atoms with van der Waals surface area (Å²) in [5.74, 6) is 0.911. The molecule has 0 radical (unpaired) electrons. The van der Waals surface area contributed by atoms with Crippen LogP contribution in [0.1, 0.15) is 18.1 Å². The Morgan fingerprint density at radius 2 is 1.82 bits per heavy atom. The van der Waals surface area contributed by atoms with Crippen LogP contribution in [0.15, 0.2) is 97.2 Å². The molecule has 0 fully saturated rings. The summed E-state index contributed by atoms with van der Waals surface area (Å²) in [5.41, 5.74) is 4.45. The van der Waals surface area contributed by atoms with Crippen LogP contribution >= 0.6 is 0 Å². The Labute approximate surface area is 222 Å². The molecule has 0 atom stereocenters. The minimum Gasteiger partial charge on any atom is -0.494 e. The molecule has 7 nitrogen and oxygen atoms in total. The highest BCUT2D eigenvalue weighted by Gasteiger charge is 2.17. The highest BCUT2D eigenvalue weighted by Crippen LogP contribution is 2.31. The molecule has 1 N–H and O–H groups in total. The molecule has 1 aromatic heterocycles. The Balaban J connectivity index is 1.71. The molecule has 0 spiro atoms. The second kappa shape index (κ2) is 12.2. The molecule has 3 aromatic carbocycles. The molecular weight excluding hydrogens is 476 g/mol. The standard InChI is InChI=1S/C31H28N4O3/c1-4-17-38-28-15-16-29(22(3)18-28)30-24(21-35(34-30)26-9-7-6-8-10-26)19-23(20-32)31(36)33-25-11-13-27(14-12-25)37-5-2/h4,6-16,18-19,21H,1,5,17H2,2-3H3,(H,33,36)/b23-19+. The fraction of sp³-hybridized carbons (Fsp3) is 0.129. The van der Waals surface area contributed by atoms with Crippen LogP contribution < -0.4 is 14.8 Å². The molecule has 0 unspecified atom stereocenters. The maximum Gasteiger partial charge on any atom is 0.266 e. The zero-order valence-electron chi connectivity index (χ0n) is 21.3. The van der Waals surface area contributed by atoms with Crippen molar-refractivity contribution in [2.24, 2.45) is 0 Å². The van der Waals surface area contributed by atoms with E-state index >= 15 is 0 Å². The van der Waals surface area contributed by atoms with E-state index in [2.05, 4.69) is 11.9 Å². The van der Waals surface area contributed by atoms with Gasteiger partial charge in [0.05, 0.1) is 12.3 Å². The van der Waals surface area contributed by atoms with E-state index in [1.165, 1.54) is 0 Å². The lowest BCUT2D eigenvalue weighted by atomic mass is 10.0. The van der Waals surface area contributed by atoms with Crippen LogP contribution in [0.3, 0.4) is 0 Å². The fourth-order valence-electron chi connectivity index (χ4n) is 3.87. The average Bonchev–Trinajstić information content (AvgIpc) is 3.35. The van der Waals surface area contributed by atoms with E-state index in [-0.39, 0.29) is 5.57 Å². The third-order valence-electron chi connectivity index (χ3n) is 5.67. The van der Waals surface area contributed by atoms with Gasteiger partial charge in [-0.05, 0) is 80.1 Å². The summed E-state index contributed by atoms with van der Waals surface area (Å²) >= 11 is 0. The van der Waals surface area contributed by atoms with Gasteiger partial charge in [-0.15, -0.1) is 0 Å². The fourth-order valence-corrected chi connectivity index (χ4v) is 3.87. The first-order valence-corrected chi connectivity index (χ1v) is 12.2. The minimum absolute atomic E-state index is 0.0451. The molecule has 0 saturated carbocycles. The van der Waals surface area contributed by atoms with E-state index in [1.54, 1.807) is 41.1 Å². The molecule has 1 amide bonds. The second-order valence-corrected chi connectivity index (χ2v) is 8.37. The largest absolute Gasteiger partial charge is 0.494 e. The van der Waals surface area contributed by atoms with Gasteiger partial charge in [-0.25, -0.2) is 4.68 Å². The van der Waals surface area contributed by atoms with Crippen molar-refractivity contribution in [1.82, 2.24) is 9.78 Å². The van der Waals surface area contributed by atoms with Crippen LogP contribution in [0.2, 0.25) is 0 Å². The van der Waals surface area contributed by atoms with Crippen molar-refractivity contribution < 1.29 is 14.3 Å². The number of amides is 1. The van der Waals surface area contributed by atoms with Crippen LogP contribution in [0, 0.1) is 18.3 Å². The van der Waals surface area contributed by atoms with Gasteiger partial charge in [0.25, 0.3) is 5.91 Å². The Hall–Kier alpha value is -5.09. The number of hydrogen-bond acceptors (Lipinski definition) is 5. The van der Waals surface area contributed by atoms with E-state index in [4.69, 9.17) is 14.6 Å². The first kappa shape index (κ1) is 26.0. The molecule has 1 heterocycles. The topological polar surface area (TPSA) is 89.2 Å². The Morgan fingerprint density at radius 1 is 1.08 bits per heavy atom. The second-order valence-electron chi connectivity index (χ2n) is 8.37. The van der Waals surface area contributed by atoms with E-state index in [0.29, 0.717) is 35.9 Å². The van der Waals surface area contributed by atoms with Gasteiger partial charge in [-0.2, -0.15) is 10.4 Å². The van der Waals surface area contributed by atoms with Crippen molar-refractivity contribution in [1.29, 1.82) is 5.26 Å². The van der Waals surface area contributed by atoms with Crippen molar-refractivity contribution >= 4 is 17.7 Å². The SMILES string of the molecule is C=CCOc1ccc(-c2nn(-c3ccccc3)cc2/C=C(\C#N)C(=O)Nc2ccc(OCC)cc2)c(C)c1. The predicted octanol–water partition coefficient (Wildman–Crippen LogP) is 6.36. The summed E-state index contributed by atoms with van der Waals surface area (Å²) in [7, 11) is 0. The number of rotatable bonds is 10. The predicted molar refractivity (Wildman–Crippen MR) is 149 cm³/mol.